The Balaban J connectivity index is 1.28. The monoisotopic (exact) mass is 614 g/mol. The van der Waals surface area contributed by atoms with E-state index in [0.717, 1.165) is 55.8 Å². The van der Waals surface area contributed by atoms with E-state index in [1.54, 1.807) is 0 Å². The number of fused-ring (bicyclic) bond motifs is 1. The molecule has 47 heavy (non-hydrogen) atoms. The molecule has 0 saturated carbocycles. The summed E-state index contributed by atoms with van der Waals surface area (Å²) in [4.78, 5) is 10.9. The van der Waals surface area contributed by atoms with Crippen molar-refractivity contribution in [1.29, 1.82) is 0 Å². The van der Waals surface area contributed by atoms with Gasteiger partial charge in [-0.1, -0.05) is 139 Å². The Bertz CT molecular complexity index is 2170. The van der Waals surface area contributed by atoms with Gasteiger partial charge in [0.1, 0.15) is 0 Å². The van der Waals surface area contributed by atoms with E-state index in [1.165, 1.54) is 11.1 Å². The van der Waals surface area contributed by atoms with Crippen molar-refractivity contribution in [2.75, 3.05) is 0 Å². The maximum atomic E-state index is 5.96. The SMILES string of the molecule is CC(C)(C)c1ccc(C(C)(C)C)c2nc(-c3ccc(-c4ccc(-c5nnc(-c6ccccc6)o5)cc4)cc3)c(-c3ccccc3)nc12. The molecule has 232 valence electrons. The molecule has 5 heteroatoms. The van der Waals surface area contributed by atoms with E-state index in [-0.39, 0.29) is 10.8 Å². The van der Waals surface area contributed by atoms with Crippen LogP contribution in [0.2, 0.25) is 0 Å². The molecule has 0 saturated heterocycles. The second-order valence-electron chi connectivity index (χ2n) is 14.1. The fourth-order valence-corrected chi connectivity index (χ4v) is 6.01. The summed E-state index contributed by atoms with van der Waals surface area (Å²) in [5, 5.41) is 8.51. The van der Waals surface area contributed by atoms with Crippen molar-refractivity contribution in [3.05, 3.63) is 132 Å². The maximum absolute atomic E-state index is 5.96. The Morgan fingerprint density at radius 3 is 1.15 bits per heavy atom. The fraction of sp³-hybridized carbons (Fsp3) is 0.190. The van der Waals surface area contributed by atoms with Crippen LogP contribution in [0.5, 0.6) is 0 Å². The van der Waals surface area contributed by atoms with Gasteiger partial charge in [0.25, 0.3) is 0 Å². The lowest BCUT2D eigenvalue weighted by Crippen LogP contribution is -2.17. The van der Waals surface area contributed by atoms with Crippen LogP contribution >= 0.6 is 0 Å². The van der Waals surface area contributed by atoms with Gasteiger partial charge in [0.15, 0.2) is 0 Å². The lowest BCUT2D eigenvalue weighted by Gasteiger charge is -2.26. The maximum Gasteiger partial charge on any atom is 0.248 e. The van der Waals surface area contributed by atoms with E-state index in [0.29, 0.717) is 11.8 Å². The summed E-state index contributed by atoms with van der Waals surface area (Å²) < 4.78 is 5.96. The minimum atomic E-state index is -0.0881. The lowest BCUT2D eigenvalue weighted by molar-refractivity contribution is 0.583. The quantitative estimate of drug-likeness (QED) is 0.193. The first-order valence-electron chi connectivity index (χ1n) is 16.1. The van der Waals surface area contributed by atoms with Crippen LogP contribution in [0.25, 0.3) is 67.6 Å². The van der Waals surface area contributed by atoms with Crippen LogP contribution in [0.15, 0.2) is 126 Å². The first-order valence-corrected chi connectivity index (χ1v) is 16.1. The van der Waals surface area contributed by atoms with Crippen LogP contribution in [0.3, 0.4) is 0 Å². The van der Waals surface area contributed by atoms with Crippen molar-refractivity contribution >= 4 is 11.0 Å². The van der Waals surface area contributed by atoms with Crippen molar-refractivity contribution in [1.82, 2.24) is 20.2 Å². The Labute approximate surface area is 276 Å². The molecule has 0 spiro atoms. The molecule has 7 aromatic rings. The second-order valence-corrected chi connectivity index (χ2v) is 14.1. The summed E-state index contributed by atoms with van der Waals surface area (Å²) in [7, 11) is 0. The van der Waals surface area contributed by atoms with Gasteiger partial charge in [-0.3, -0.25) is 0 Å². The smallest absolute Gasteiger partial charge is 0.248 e. The zero-order valence-electron chi connectivity index (χ0n) is 27.7. The van der Waals surface area contributed by atoms with Crippen LogP contribution in [0, 0.1) is 0 Å². The molecule has 5 aromatic carbocycles. The summed E-state index contributed by atoms with van der Waals surface area (Å²) in [6.07, 6.45) is 0. The molecule has 0 aliphatic carbocycles. The number of aromatic nitrogens is 4. The Hall–Kier alpha value is -5.42. The average Bonchev–Trinajstić information content (AvgIpc) is 3.58. The topological polar surface area (TPSA) is 64.7 Å². The van der Waals surface area contributed by atoms with Gasteiger partial charge in [-0.2, -0.15) is 0 Å². The highest BCUT2D eigenvalue weighted by Crippen LogP contribution is 2.39. The predicted octanol–water partition coefficient (Wildman–Crippen LogP) is 10.9. The van der Waals surface area contributed by atoms with Gasteiger partial charge in [-0.15, -0.1) is 10.2 Å². The summed E-state index contributed by atoms with van der Waals surface area (Å²) in [6.45, 7) is 13.5. The van der Waals surface area contributed by atoms with Gasteiger partial charge < -0.3 is 4.42 Å². The third kappa shape index (κ3) is 5.97. The molecule has 0 aliphatic heterocycles. The van der Waals surface area contributed by atoms with Crippen molar-refractivity contribution in [2.24, 2.45) is 0 Å². The van der Waals surface area contributed by atoms with Crippen molar-refractivity contribution in [3.8, 4) is 56.6 Å². The molecule has 0 bridgehead atoms. The van der Waals surface area contributed by atoms with E-state index in [1.807, 2.05) is 48.5 Å². The molecular weight excluding hydrogens is 576 g/mol. The van der Waals surface area contributed by atoms with E-state index in [4.69, 9.17) is 14.4 Å². The standard InChI is InChI=1S/C42H38N4O/c1-41(2,3)33-25-26-34(42(4,5)6)38-37(33)43-35(29-13-9-7-10-14-29)36(44-38)30-21-17-27(18-22-30)28-19-23-32(24-20-28)40-46-45-39(47-40)31-15-11-8-12-16-31/h7-26H,1-6H3. The largest absolute Gasteiger partial charge is 0.416 e. The van der Waals surface area contributed by atoms with Crippen molar-refractivity contribution in [3.63, 3.8) is 0 Å². The zero-order valence-corrected chi connectivity index (χ0v) is 27.7. The first kappa shape index (κ1) is 30.2. The van der Waals surface area contributed by atoms with Crippen molar-refractivity contribution in [2.45, 2.75) is 52.4 Å². The molecule has 2 aromatic heterocycles. The molecule has 0 fully saturated rings. The van der Waals surface area contributed by atoms with Crippen LogP contribution in [-0.4, -0.2) is 20.2 Å². The lowest BCUT2D eigenvalue weighted by atomic mass is 9.80. The van der Waals surface area contributed by atoms with Gasteiger partial charge >= 0.3 is 0 Å². The second kappa shape index (κ2) is 11.7. The molecule has 2 heterocycles. The molecular formula is C42H38N4O. The van der Waals surface area contributed by atoms with E-state index in [9.17, 15) is 0 Å². The molecule has 0 amide bonds. The number of benzene rings is 5. The van der Waals surface area contributed by atoms with Crippen molar-refractivity contribution < 1.29 is 4.42 Å². The number of hydrogen-bond acceptors (Lipinski definition) is 5. The van der Waals surface area contributed by atoms with Crippen LogP contribution in [0.4, 0.5) is 0 Å². The Kier molecular flexibility index (Phi) is 7.56. The highest BCUT2D eigenvalue weighted by atomic mass is 16.4. The highest BCUT2D eigenvalue weighted by molar-refractivity contribution is 5.91. The summed E-state index contributed by atoms with van der Waals surface area (Å²) in [6, 6.07) is 41.5. The molecule has 0 radical (unpaired) electrons. The minimum Gasteiger partial charge on any atom is -0.416 e. The molecule has 5 nitrogen and oxygen atoms in total. The summed E-state index contributed by atoms with van der Waals surface area (Å²) in [5.74, 6) is 1.01. The number of hydrogen-bond donors (Lipinski definition) is 0. The first-order chi connectivity index (χ1) is 22.6. The zero-order chi connectivity index (χ0) is 32.8. The third-order valence-electron chi connectivity index (χ3n) is 8.56. The summed E-state index contributed by atoms with van der Waals surface area (Å²) in [5.41, 5.74) is 12.0. The molecule has 0 aliphatic rings. The van der Waals surface area contributed by atoms with Gasteiger partial charge in [-0.25, -0.2) is 9.97 Å². The van der Waals surface area contributed by atoms with E-state index < -0.39 is 0 Å². The van der Waals surface area contributed by atoms with Gasteiger partial charge in [0.2, 0.25) is 11.8 Å². The van der Waals surface area contributed by atoms with Crippen LogP contribution in [0.1, 0.15) is 52.7 Å². The van der Waals surface area contributed by atoms with E-state index in [2.05, 4.69) is 125 Å². The molecule has 0 unspecified atom stereocenters. The fourth-order valence-electron chi connectivity index (χ4n) is 6.01. The van der Waals surface area contributed by atoms with E-state index >= 15 is 0 Å². The van der Waals surface area contributed by atoms with Gasteiger partial charge in [0.05, 0.1) is 22.4 Å². The molecule has 0 atom stereocenters. The Morgan fingerprint density at radius 2 is 0.723 bits per heavy atom. The molecule has 0 N–H and O–H groups in total. The summed E-state index contributed by atoms with van der Waals surface area (Å²) >= 11 is 0. The van der Waals surface area contributed by atoms with Crippen LogP contribution < -0.4 is 0 Å². The predicted molar refractivity (Wildman–Crippen MR) is 192 cm³/mol. The number of rotatable bonds is 5. The molecule has 7 rings (SSSR count). The van der Waals surface area contributed by atoms with Gasteiger partial charge in [0, 0.05) is 22.3 Å². The third-order valence-corrected chi connectivity index (χ3v) is 8.56. The highest BCUT2D eigenvalue weighted by Gasteiger charge is 2.26. The average molecular weight is 615 g/mol. The number of nitrogens with zero attached hydrogens (tertiary/aromatic N) is 4. The van der Waals surface area contributed by atoms with Gasteiger partial charge in [-0.05, 0) is 57.3 Å². The minimum absolute atomic E-state index is 0.0797. The normalized spacial score (nSPS) is 12.0. The Morgan fingerprint density at radius 1 is 0.383 bits per heavy atom. The van der Waals surface area contributed by atoms with Crippen LogP contribution in [-0.2, 0) is 10.8 Å².